The number of aromatic carboxylic acids is 1. The lowest BCUT2D eigenvalue weighted by Gasteiger charge is -2.20. The number of imidazole rings is 4. The summed E-state index contributed by atoms with van der Waals surface area (Å²) in [6.07, 6.45) is 21.4. The van der Waals surface area contributed by atoms with Crippen LogP contribution in [0.25, 0.3) is 134 Å². The molecule has 8 atom stereocenters. The maximum absolute atomic E-state index is 12.8. The van der Waals surface area contributed by atoms with Gasteiger partial charge in [0.15, 0.2) is 0 Å². The molecule has 4 aliphatic heterocycles. The molecule has 4 saturated carbocycles. The molecule has 4 aliphatic carbocycles. The van der Waals surface area contributed by atoms with E-state index in [1.807, 2.05) is 201 Å². The molecular formula is C100H90N18O6. The van der Waals surface area contributed by atoms with Gasteiger partial charge in [0, 0.05) is 150 Å². The zero-order valence-electron chi connectivity index (χ0n) is 69.9. The van der Waals surface area contributed by atoms with Crippen LogP contribution in [0.5, 0.6) is 0 Å². The first-order valence-corrected chi connectivity index (χ1v) is 43.0. The molecular weight excluding hydrogens is 1550 g/mol. The van der Waals surface area contributed by atoms with Crippen molar-refractivity contribution < 1.29 is 29.0 Å². The van der Waals surface area contributed by atoms with Crippen LogP contribution in [0.2, 0.25) is 0 Å². The molecule has 16 heterocycles. The van der Waals surface area contributed by atoms with E-state index < -0.39 is 23.4 Å². The number of fused-ring (bicyclic) bond motifs is 24. The zero-order valence-corrected chi connectivity index (χ0v) is 69.9. The van der Waals surface area contributed by atoms with Gasteiger partial charge in [-0.05, 0) is 271 Å². The van der Waals surface area contributed by atoms with E-state index in [0.717, 1.165) is 212 Å². The minimum Gasteiger partial charge on any atom is -0.478 e. The van der Waals surface area contributed by atoms with Gasteiger partial charge in [-0.1, -0.05) is 24.3 Å². The summed E-state index contributed by atoms with van der Waals surface area (Å²) in [5.41, 5.74) is 34.8. The molecule has 24 nitrogen and oxygen atoms in total. The third kappa shape index (κ3) is 13.4. The minimum atomic E-state index is -0.940. The first-order valence-electron chi connectivity index (χ1n) is 43.0. The van der Waals surface area contributed by atoms with Gasteiger partial charge in [0.25, 0.3) is 0 Å². The number of amides is 2. The molecule has 0 spiro atoms. The third-order valence-electron chi connectivity index (χ3n) is 26.3. The summed E-state index contributed by atoms with van der Waals surface area (Å²) in [4.78, 5) is 106. The second-order valence-corrected chi connectivity index (χ2v) is 35.4. The monoisotopic (exact) mass is 1640 g/mol. The summed E-state index contributed by atoms with van der Waals surface area (Å²) >= 11 is 0. The Hall–Kier alpha value is -14.2. The van der Waals surface area contributed by atoms with Crippen LogP contribution in [0.15, 0.2) is 195 Å². The van der Waals surface area contributed by atoms with Gasteiger partial charge in [0.2, 0.25) is 11.8 Å². The Kier molecular flexibility index (Phi) is 18.8. The normalized spacial score (nSPS) is 19.2. The predicted octanol–water partition coefficient (Wildman–Crippen LogP) is 20.0. The van der Waals surface area contributed by atoms with E-state index in [1.165, 1.54) is 44.9 Å². The van der Waals surface area contributed by atoms with Crippen molar-refractivity contribution in [3.8, 4) is 90.6 Å². The molecule has 0 saturated heterocycles. The van der Waals surface area contributed by atoms with Crippen molar-refractivity contribution in [3.63, 3.8) is 0 Å². The standard InChI is InChI=1S/C28H28N4O2.2C24H21N5O.C24H20N4O2/c1-16-6-5-7-23(30-16)24-25(32-19-10-8-17(14-19)26(32)31-24)20-12-13-29-22-11-9-18(15-21(20)22)27(33)34-28(2,3)4;2*1-13-3-2-4-20(27-13)21-22(29-16-7-5-15(11-16)24(29)28-21)17-9-10-26-19-8-6-14(23(25)30)12-18(17)19;1-13-3-2-4-20(26-13)21-22(28-16-7-5-14(11-16)23(28)27-21)17-9-10-25-19-8-6-15(24(29)30)12-18(17)19/h5-7,9,11-13,15,17,19H,8,10,14H2,1-4H3;2*2-4,6,8-10,12,15-16H,5,7,11H2,1H3,(H2,25,30);2-4,6,8-10,12,14,16H,5,7,11H2,1H3,(H,29,30). The molecule has 4 fully saturated rings. The van der Waals surface area contributed by atoms with E-state index in [-0.39, 0.29) is 11.5 Å². The number of esters is 1. The Morgan fingerprint density at radius 3 is 0.879 bits per heavy atom. The summed E-state index contributed by atoms with van der Waals surface area (Å²) in [5, 5.41) is 13.1. The van der Waals surface area contributed by atoms with Crippen molar-refractivity contribution in [2.45, 2.75) is 179 Å². The Labute approximate surface area is 714 Å². The van der Waals surface area contributed by atoms with E-state index >= 15 is 0 Å². The van der Waals surface area contributed by atoms with Crippen LogP contribution in [-0.2, 0) is 4.74 Å². The molecule has 24 heteroatoms. The lowest BCUT2D eigenvalue weighted by atomic mass is 10.0. The van der Waals surface area contributed by atoms with Gasteiger partial charge in [-0.25, -0.2) is 29.5 Å². The predicted molar refractivity (Wildman–Crippen MR) is 475 cm³/mol. The van der Waals surface area contributed by atoms with Gasteiger partial charge in [-0.2, -0.15) is 0 Å². The van der Waals surface area contributed by atoms with E-state index in [4.69, 9.17) is 56.1 Å². The molecule has 8 unspecified atom stereocenters. The number of carboxylic acid groups (broad SMARTS) is 1. The number of carbonyl (C=O) groups excluding carboxylic acids is 3. The Morgan fingerprint density at radius 1 is 0.347 bits per heavy atom. The summed E-state index contributed by atoms with van der Waals surface area (Å²) in [6, 6.07) is 55.6. The fraction of sp³-hybridized carbons (Fsp3) is 0.280. The second kappa shape index (κ2) is 30.2. The Balaban J connectivity index is 0.000000101. The van der Waals surface area contributed by atoms with Gasteiger partial charge >= 0.3 is 11.9 Å². The van der Waals surface area contributed by atoms with Crippen molar-refractivity contribution in [2.75, 3.05) is 0 Å². The van der Waals surface area contributed by atoms with Gasteiger partial charge in [0.05, 0.1) is 78.7 Å². The van der Waals surface area contributed by atoms with Crippen molar-refractivity contribution in [3.05, 3.63) is 263 Å². The largest absolute Gasteiger partial charge is 0.478 e. The number of benzene rings is 4. The maximum atomic E-state index is 12.8. The highest BCUT2D eigenvalue weighted by molar-refractivity contribution is 6.06. The fourth-order valence-corrected chi connectivity index (χ4v) is 20.9. The number of hydrogen-bond acceptors (Lipinski definition) is 17. The number of carbonyl (C=O) groups is 4. The van der Waals surface area contributed by atoms with Crippen LogP contribution in [0.4, 0.5) is 0 Å². The molecule has 8 bridgehead atoms. The van der Waals surface area contributed by atoms with Gasteiger partial charge in [-0.15, -0.1) is 0 Å². The number of nitrogens with zero attached hydrogens (tertiary/aromatic N) is 16. The highest BCUT2D eigenvalue weighted by atomic mass is 16.6. The number of nitrogens with two attached hydrogens (primary N) is 2. The minimum absolute atomic E-state index is 0.259. The van der Waals surface area contributed by atoms with Crippen molar-refractivity contribution in [1.29, 1.82) is 0 Å². The van der Waals surface area contributed by atoms with Gasteiger partial charge < -0.3 is 39.6 Å². The molecule has 8 aliphatic rings. The molecule has 0 radical (unpaired) electrons. The topological polar surface area (TPSA) is 324 Å². The molecule has 16 aromatic rings. The van der Waals surface area contributed by atoms with E-state index in [9.17, 15) is 24.3 Å². The SMILES string of the molecule is Cc1cccc(-c2nc3n(c2-c2ccnc4ccc(C(=O)O)cc24)C2CCC3C2)n1.Cc1cccc(-c2nc3n(c2-c2ccnc4ccc(C(=O)OC(C)(C)C)cc24)C2CCC3C2)n1.Cc1cccc(-c2nc3n(c2-c2ccnc4ccc(C(N)=O)cc24)C2CCC3C2)n1.Cc1cccc(-c2nc3n(c2-c2ccnc4ccc(C(N)=O)cc24)C2CCC3C2)n1. The Morgan fingerprint density at radius 2 is 0.613 bits per heavy atom. The number of aromatic nitrogens is 16. The van der Waals surface area contributed by atoms with Crippen LogP contribution in [0, 0.1) is 27.7 Å². The smallest absolute Gasteiger partial charge is 0.338 e. The summed E-state index contributed by atoms with van der Waals surface area (Å²) in [5.74, 6) is 4.51. The molecule has 5 N–H and O–H groups in total. The highest BCUT2D eigenvalue weighted by Crippen LogP contribution is 2.58. The third-order valence-corrected chi connectivity index (χ3v) is 26.3. The van der Waals surface area contributed by atoms with Crippen molar-refractivity contribution >= 4 is 67.4 Å². The Bertz CT molecular complexity index is 6660. The van der Waals surface area contributed by atoms with E-state index in [2.05, 4.69) is 38.2 Å². The molecule has 24 rings (SSSR count). The van der Waals surface area contributed by atoms with Crippen LogP contribution >= 0.6 is 0 Å². The summed E-state index contributed by atoms with van der Waals surface area (Å²) in [7, 11) is 0. The summed E-state index contributed by atoms with van der Waals surface area (Å²) < 4.78 is 15.3. The number of aryl methyl sites for hydroxylation is 4. The first kappa shape index (κ1) is 77.2. The van der Waals surface area contributed by atoms with Gasteiger partial charge in [0.1, 0.15) is 51.7 Å². The van der Waals surface area contributed by atoms with E-state index in [0.29, 0.717) is 64.5 Å². The average molecular weight is 1640 g/mol. The molecule has 616 valence electrons. The van der Waals surface area contributed by atoms with Crippen molar-refractivity contribution in [2.24, 2.45) is 11.5 Å². The quantitative estimate of drug-likeness (QED) is 0.0957. The van der Waals surface area contributed by atoms with Gasteiger partial charge in [-0.3, -0.25) is 49.5 Å². The number of pyridine rings is 8. The zero-order chi connectivity index (χ0) is 84.8. The summed E-state index contributed by atoms with van der Waals surface area (Å²) in [6.45, 7) is 13.6. The molecule has 2 amide bonds. The van der Waals surface area contributed by atoms with Crippen LogP contribution in [0.3, 0.4) is 0 Å². The lowest BCUT2D eigenvalue weighted by Crippen LogP contribution is -2.23. The van der Waals surface area contributed by atoms with Crippen LogP contribution in [0.1, 0.15) is 233 Å². The molecule has 12 aromatic heterocycles. The number of carboxylic acids is 1. The number of rotatable bonds is 12. The lowest BCUT2D eigenvalue weighted by molar-refractivity contribution is 0.00690. The molecule has 4 aromatic carbocycles. The number of primary amides is 2. The second-order valence-electron chi connectivity index (χ2n) is 35.4. The molecule has 124 heavy (non-hydrogen) atoms. The fourth-order valence-electron chi connectivity index (χ4n) is 20.9. The number of ether oxygens (including phenoxy) is 1. The number of hydrogen-bond donors (Lipinski definition) is 3. The van der Waals surface area contributed by atoms with Crippen LogP contribution in [-0.4, -0.2) is 113 Å². The van der Waals surface area contributed by atoms with Crippen LogP contribution < -0.4 is 11.5 Å². The average Bonchev–Trinajstić information content (AvgIpc) is 1.58. The maximum Gasteiger partial charge on any atom is 0.338 e. The highest BCUT2D eigenvalue weighted by Gasteiger charge is 2.46. The first-order chi connectivity index (χ1) is 60.1. The van der Waals surface area contributed by atoms with E-state index in [1.54, 1.807) is 42.6 Å². The van der Waals surface area contributed by atoms with Crippen molar-refractivity contribution in [1.82, 2.24) is 78.1 Å².